The van der Waals surface area contributed by atoms with Crippen LogP contribution in [0.25, 0.3) is 0 Å². The number of hydrogen-bond acceptors (Lipinski definition) is 4. The lowest BCUT2D eigenvalue weighted by Gasteiger charge is -2.29. The van der Waals surface area contributed by atoms with Crippen molar-refractivity contribution < 1.29 is 14.6 Å². The molecule has 0 radical (unpaired) electrons. The number of ether oxygens (including phenoxy) is 1. The van der Waals surface area contributed by atoms with Crippen molar-refractivity contribution in [3.8, 4) is 0 Å². The Labute approximate surface area is 116 Å². The molecule has 1 rings (SSSR count). The third-order valence-corrected chi connectivity index (χ3v) is 3.29. The summed E-state index contributed by atoms with van der Waals surface area (Å²) in [6.45, 7) is 8.69. The van der Waals surface area contributed by atoms with Crippen LogP contribution in [0, 0.1) is 5.92 Å². The normalized spacial score (nSPS) is 17.3. The minimum absolute atomic E-state index is 0.0224. The zero-order chi connectivity index (χ0) is 14.3. The second kappa shape index (κ2) is 7.70. The van der Waals surface area contributed by atoms with Crippen LogP contribution in [0.1, 0.15) is 40.0 Å². The molecule has 0 aromatic heterocycles. The highest BCUT2D eigenvalue weighted by atomic mass is 16.6. The topological polar surface area (TPSA) is 61.8 Å². The molecule has 0 bridgehead atoms. The van der Waals surface area contributed by atoms with Crippen molar-refractivity contribution in [3.05, 3.63) is 0 Å². The smallest absolute Gasteiger partial charge is 0.410 e. The van der Waals surface area contributed by atoms with Gasteiger partial charge in [0.15, 0.2) is 0 Å². The number of rotatable bonds is 5. The van der Waals surface area contributed by atoms with Gasteiger partial charge in [0.25, 0.3) is 0 Å². The van der Waals surface area contributed by atoms with Crippen LogP contribution in [0.2, 0.25) is 0 Å². The number of amides is 1. The van der Waals surface area contributed by atoms with E-state index in [0.29, 0.717) is 19.0 Å². The van der Waals surface area contributed by atoms with Gasteiger partial charge in [-0.1, -0.05) is 0 Å². The lowest BCUT2D eigenvalue weighted by molar-refractivity contribution is 0.0206. The molecule has 0 unspecified atom stereocenters. The number of carbonyl (C=O) groups is 1. The number of nitrogens with one attached hydrogen (secondary N) is 1. The van der Waals surface area contributed by atoms with Gasteiger partial charge in [-0.05, 0) is 59.0 Å². The van der Waals surface area contributed by atoms with Crippen molar-refractivity contribution in [1.29, 1.82) is 0 Å². The SMILES string of the molecule is CC(C)(C)OC(=O)N(CCO)CCC1CCNCC1. The van der Waals surface area contributed by atoms with Crippen molar-refractivity contribution in [2.45, 2.75) is 45.6 Å². The largest absolute Gasteiger partial charge is 0.444 e. The molecule has 0 atom stereocenters. The van der Waals surface area contributed by atoms with Gasteiger partial charge in [-0.2, -0.15) is 0 Å². The van der Waals surface area contributed by atoms with Gasteiger partial charge in [0.05, 0.1) is 6.61 Å². The van der Waals surface area contributed by atoms with Crippen molar-refractivity contribution in [3.63, 3.8) is 0 Å². The highest BCUT2D eigenvalue weighted by Crippen LogP contribution is 2.17. The summed E-state index contributed by atoms with van der Waals surface area (Å²) in [5.74, 6) is 0.671. The Hall–Kier alpha value is -0.810. The molecule has 5 heteroatoms. The monoisotopic (exact) mass is 272 g/mol. The molecule has 1 fully saturated rings. The summed E-state index contributed by atoms with van der Waals surface area (Å²) in [4.78, 5) is 13.6. The standard InChI is InChI=1S/C14H28N2O3/c1-14(2,3)19-13(18)16(10-11-17)9-6-12-4-7-15-8-5-12/h12,15,17H,4-11H2,1-3H3. The van der Waals surface area contributed by atoms with E-state index in [1.165, 1.54) is 12.8 Å². The molecule has 0 saturated carbocycles. The summed E-state index contributed by atoms with van der Waals surface area (Å²) >= 11 is 0. The second-order valence-electron chi connectivity index (χ2n) is 6.17. The number of hydrogen-bond donors (Lipinski definition) is 2. The molecule has 1 amide bonds. The molecule has 1 saturated heterocycles. The summed E-state index contributed by atoms with van der Waals surface area (Å²) in [7, 11) is 0. The molecule has 5 nitrogen and oxygen atoms in total. The van der Waals surface area contributed by atoms with Gasteiger partial charge >= 0.3 is 6.09 Å². The molecule has 0 aromatic carbocycles. The number of carbonyl (C=O) groups excluding carboxylic acids is 1. The Kier molecular flexibility index (Phi) is 6.58. The Balaban J connectivity index is 2.40. The lowest BCUT2D eigenvalue weighted by atomic mass is 9.94. The molecular formula is C14H28N2O3. The summed E-state index contributed by atoms with van der Waals surface area (Å²) in [5.41, 5.74) is -0.487. The number of aliphatic hydroxyl groups excluding tert-OH is 1. The Morgan fingerprint density at radius 3 is 2.47 bits per heavy atom. The molecule has 112 valence electrons. The van der Waals surface area contributed by atoms with Crippen LogP contribution in [0.4, 0.5) is 4.79 Å². The molecule has 1 heterocycles. The minimum Gasteiger partial charge on any atom is -0.444 e. The van der Waals surface area contributed by atoms with E-state index in [1.54, 1.807) is 4.90 Å². The first-order valence-electron chi connectivity index (χ1n) is 7.22. The summed E-state index contributed by atoms with van der Waals surface area (Å²) in [6, 6.07) is 0. The fourth-order valence-electron chi connectivity index (χ4n) is 2.25. The van der Waals surface area contributed by atoms with Gasteiger partial charge in [0, 0.05) is 13.1 Å². The quantitative estimate of drug-likeness (QED) is 0.798. The predicted octanol–water partition coefficient (Wildman–Crippen LogP) is 1.61. The Morgan fingerprint density at radius 1 is 1.32 bits per heavy atom. The molecule has 0 aliphatic carbocycles. The Bertz CT molecular complexity index is 270. The molecule has 2 N–H and O–H groups in total. The van der Waals surface area contributed by atoms with Gasteiger partial charge in [-0.15, -0.1) is 0 Å². The van der Waals surface area contributed by atoms with Crippen LogP contribution in [0.5, 0.6) is 0 Å². The van der Waals surface area contributed by atoms with E-state index < -0.39 is 5.60 Å². The van der Waals surface area contributed by atoms with Crippen molar-refractivity contribution in [2.24, 2.45) is 5.92 Å². The van der Waals surface area contributed by atoms with Gasteiger partial charge < -0.3 is 20.1 Å². The van der Waals surface area contributed by atoms with E-state index in [1.807, 2.05) is 20.8 Å². The van der Waals surface area contributed by atoms with Crippen molar-refractivity contribution >= 4 is 6.09 Å². The first-order chi connectivity index (χ1) is 8.92. The Morgan fingerprint density at radius 2 is 1.95 bits per heavy atom. The van der Waals surface area contributed by atoms with E-state index in [0.717, 1.165) is 19.5 Å². The summed E-state index contributed by atoms with van der Waals surface area (Å²) in [5, 5.41) is 12.4. The van der Waals surface area contributed by atoms with Gasteiger partial charge in [-0.3, -0.25) is 0 Å². The second-order valence-corrected chi connectivity index (χ2v) is 6.17. The van der Waals surface area contributed by atoms with Crippen LogP contribution in [-0.4, -0.2) is 54.5 Å². The van der Waals surface area contributed by atoms with Crippen LogP contribution in [0.3, 0.4) is 0 Å². The van der Waals surface area contributed by atoms with E-state index in [9.17, 15) is 4.79 Å². The number of piperidine rings is 1. The van der Waals surface area contributed by atoms with Gasteiger partial charge in [0.1, 0.15) is 5.60 Å². The average Bonchev–Trinajstić information content (AvgIpc) is 2.33. The van der Waals surface area contributed by atoms with Crippen LogP contribution in [-0.2, 0) is 4.74 Å². The molecule has 1 aliphatic heterocycles. The van der Waals surface area contributed by atoms with Crippen molar-refractivity contribution in [1.82, 2.24) is 10.2 Å². The molecule has 0 spiro atoms. The van der Waals surface area contributed by atoms with Crippen LogP contribution < -0.4 is 5.32 Å². The van der Waals surface area contributed by atoms with E-state index in [4.69, 9.17) is 9.84 Å². The number of nitrogens with zero attached hydrogens (tertiary/aromatic N) is 1. The van der Waals surface area contributed by atoms with Gasteiger partial charge in [-0.25, -0.2) is 4.79 Å². The lowest BCUT2D eigenvalue weighted by Crippen LogP contribution is -2.40. The molecular weight excluding hydrogens is 244 g/mol. The van der Waals surface area contributed by atoms with Crippen LogP contribution in [0.15, 0.2) is 0 Å². The summed E-state index contributed by atoms with van der Waals surface area (Å²) in [6.07, 6.45) is 3.00. The van der Waals surface area contributed by atoms with E-state index >= 15 is 0 Å². The molecule has 0 aromatic rings. The fraction of sp³-hybridized carbons (Fsp3) is 0.929. The van der Waals surface area contributed by atoms with Gasteiger partial charge in [0.2, 0.25) is 0 Å². The maximum atomic E-state index is 12.0. The van der Waals surface area contributed by atoms with Crippen LogP contribution >= 0.6 is 0 Å². The first kappa shape index (κ1) is 16.2. The van der Waals surface area contributed by atoms with Crippen molar-refractivity contribution in [2.75, 3.05) is 32.8 Å². The number of aliphatic hydroxyl groups is 1. The summed E-state index contributed by atoms with van der Waals surface area (Å²) < 4.78 is 5.36. The third kappa shape index (κ3) is 6.78. The minimum atomic E-state index is -0.487. The highest BCUT2D eigenvalue weighted by Gasteiger charge is 2.23. The zero-order valence-electron chi connectivity index (χ0n) is 12.4. The molecule has 19 heavy (non-hydrogen) atoms. The third-order valence-electron chi connectivity index (χ3n) is 3.29. The fourth-order valence-corrected chi connectivity index (χ4v) is 2.25. The van der Waals surface area contributed by atoms with E-state index in [2.05, 4.69) is 5.32 Å². The maximum absolute atomic E-state index is 12.0. The van der Waals surface area contributed by atoms with E-state index in [-0.39, 0.29) is 12.7 Å². The highest BCUT2D eigenvalue weighted by molar-refractivity contribution is 5.68. The molecule has 1 aliphatic rings. The first-order valence-corrected chi connectivity index (χ1v) is 7.22. The predicted molar refractivity (Wildman–Crippen MR) is 75.1 cm³/mol. The average molecular weight is 272 g/mol. The maximum Gasteiger partial charge on any atom is 0.410 e. The zero-order valence-corrected chi connectivity index (χ0v) is 12.4.